The van der Waals surface area contributed by atoms with Crippen LogP contribution in [-0.2, 0) is 4.79 Å². The van der Waals surface area contributed by atoms with Crippen molar-refractivity contribution in [2.45, 2.75) is 57.1 Å². The normalized spacial score (nSPS) is 36.9. The number of nitrogens with one attached hydrogen (secondary N) is 1. The Hall–Kier alpha value is -1.51. The number of ether oxygens (including phenoxy) is 1. The lowest BCUT2D eigenvalue weighted by Crippen LogP contribution is -2.61. The largest absolute Gasteiger partial charge is 0.481 e. The highest BCUT2D eigenvalue weighted by atomic mass is 16.5. The van der Waals surface area contributed by atoms with Crippen LogP contribution in [0, 0.1) is 17.8 Å². The molecular formula is C19H25NO2. The first-order chi connectivity index (χ1) is 10.6. The Balaban J connectivity index is 1.41. The van der Waals surface area contributed by atoms with Crippen LogP contribution in [0.2, 0.25) is 0 Å². The molecule has 1 aromatic rings. The number of hydrogen-bond acceptors (Lipinski definition) is 2. The number of carbonyl (C=O) groups is 1. The molecule has 4 aliphatic rings. The molecule has 0 aliphatic heterocycles. The highest BCUT2D eigenvalue weighted by Gasteiger charge is 2.51. The molecule has 4 fully saturated rings. The van der Waals surface area contributed by atoms with Gasteiger partial charge in [-0.2, -0.15) is 0 Å². The van der Waals surface area contributed by atoms with E-state index in [1.54, 1.807) is 0 Å². The van der Waals surface area contributed by atoms with Crippen molar-refractivity contribution < 1.29 is 9.53 Å². The van der Waals surface area contributed by atoms with Crippen LogP contribution >= 0.6 is 0 Å². The summed E-state index contributed by atoms with van der Waals surface area (Å²) in [6, 6.07) is 9.61. The van der Waals surface area contributed by atoms with Crippen molar-refractivity contribution in [3.63, 3.8) is 0 Å². The van der Waals surface area contributed by atoms with Gasteiger partial charge in [-0.1, -0.05) is 18.2 Å². The van der Waals surface area contributed by atoms with Gasteiger partial charge in [0.25, 0.3) is 5.91 Å². The van der Waals surface area contributed by atoms with Crippen molar-refractivity contribution in [2.24, 2.45) is 17.8 Å². The minimum Gasteiger partial charge on any atom is -0.481 e. The Kier molecular flexibility index (Phi) is 3.39. The van der Waals surface area contributed by atoms with Crippen LogP contribution in [0.1, 0.15) is 45.4 Å². The van der Waals surface area contributed by atoms with Crippen LogP contribution in [0.25, 0.3) is 0 Å². The Morgan fingerprint density at radius 1 is 1.09 bits per heavy atom. The van der Waals surface area contributed by atoms with Crippen molar-refractivity contribution in [1.29, 1.82) is 0 Å². The SMILES string of the molecule is CC(Oc1ccccc1)C(=O)NC12CC3CC(CC(C3)C1)C2. The molecule has 5 rings (SSSR count). The van der Waals surface area contributed by atoms with E-state index in [1.165, 1.54) is 38.5 Å². The zero-order valence-electron chi connectivity index (χ0n) is 13.3. The van der Waals surface area contributed by atoms with Crippen molar-refractivity contribution in [3.8, 4) is 5.75 Å². The second-order valence-electron chi connectivity index (χ2n) is 7.76. The number of para-hydroxylation sites is 1. The minimum atomic E-state index is -0.435. The van der Waals surface area contributed by atoms with Crippen LogP contribution < -0.4 is 10.1 Å². The van der Waals surface area contributed by atoms with E-state index in [0.29, 0.717) is 0 Å². The van der Waals surface area contributed by atoms with Gasteiger partial charge in [-0.3, -0.25) is 4.79 Å². The molecule has 4 saturated carbocycles. The fraction of sp³-hybridized carbons (Fsp3) is 0.632. The maximum absolute atomic E-state index is 12.6. The van der Waals surface area contributed by atoms with E-state index in [-0.39, 0.29) is 11.4 Å². The van der Waals surface area contributed by atoms with Crippen molar-refractivity contribution in [1.82, 2.24) is 5.32 Å². The van der Waals surface area contributed by atoms with Gasteiger partial charge in [-0.05, 0) is 75.3 Å². The topological polar surface area (TPSA) is 38.3 Å². The highest BCUT2D eigenvalue weighted by molar-refractivity contribution is 5.81. The summed E-state index contributed by atoms with van der Waals surface area (Å²) >= 11 is 0. The molecule has 0 spiro atoms. The first-order valence-corrected chi connectivity index (χ1v) is 8.66. The van der Waals surface area contributed by atoms with E-state index in [4.69, 9.17) is 4.74 Å². The lowest BCUT2D eigenvalue weighted by atomic mass is 9.53. The first kappa shape index (κ1) is 14.1. The Morgan fingerprint density at radius 2 is 1.64 bits per heavy atom. The van der Waals surface area contributed by atoms with Gasteiger partial charge in [-0.25, -0.2) is 0 Å². The molecule has 1 aromatic carbocycles. The second kappa shape index (κ2) is 5.29. The third-order valence-electron chi connectivity index (χ3n) is 5.85. The van der Waals surface area contributed by atoms with E-state index >= 15 is 0 Å². The third kappa shape index (κ3) is 2.62. The molecule has 0 aromatic heterocycles. The number of benzene rings is 1. The molecule has 1 amide bonds. The van der Waals surface area contributed by atoms with E-state index in [9.17, 15) is 4.79 Å². The average molecular weight is 299 g/mol. The lowest BCUT2D eigenvalue weighted by molar-refractivity contribution is -0.133. The Labute approximate surface area is 132 Å². The molecule has 0 saturated heterocycles. The summed E-state index contributed by atoms with van der Waals surface area (Å²) < 4.78 is 5.78. The van der Waals surface area contributed by atoms with E-state index in [2.05, 4.69) is 5.32 Å². The fourth-order valence-electron chi connectivity index (χ4n) is 5.38. The summed E-state index contributed by atoms with van der Waals surface area (Å²) in [5, 5.41) is 3.38. The Morgan fingerprint density at radius 3 is 2.18 bits per heavy atom. The molecule has 0 radical (unpaired) electrons. The number of hydrogen-bond donors (Lipinski definition) is 1. The molecule has 1 unspecified atom stereocenters. The van der Waals surface area contributed by atoms with Crippen molar-refractivity contribution >= 4 is 5.91 Å². The minimum absolute atomic E-state index is 0.0470. The number of carbonyl (C=O) groups excluding carboxylic acids is 1. The molecule has 0 heterocycles. The van der Waals surface area contributed by atoms with Gasteiger partial charge in [0.05, 0.1) is 0 Å². The highest BCUT2D eigenvalue weighted by Crippen LogP contribution is 2.55. The van der Waals surface area contributed by atoms with Gasteiger partial charge < -0.3 is 10.1 Å². The summed E-state index contributed by atoms with van der Waals surface area (Å²) in [5.41, 5.74) is 0.0696. The monoisotopic (exact) mass is 299 g/mol. The molecule has 1 atom stereocenters. The maximum atomic E-state index is 12.6. The third-order valence-corrected chi connectivity index (χ3v) is 5.85. The summed E-state index contributed by atoms with van der Waals surface area (Å²) in [4.78, 5) is 12.6. The van der Waals surface area contributed by atoms with Gasteiger partial charge >= 0.3 is 0 Å². The van der Waals surface area contributed by atoms with Gasteiger partial charge in [-0.15, -0.1) is 0 Å². The van der Waals surface area contributed by atoms with Gasteiger partial charge in [0.2, 0.25) is 0 Å². The quantitative estimate of drug-likeness (QED) is 0.923. The first-order valence-electron chi connectivity index (χ1n) is 8.66. The van der Waals surface area contributed by atoms with Gasteiger partial charge in [0, 0.05) is 5.54 Å². The van der Waals surface area contributed by atoms with Crippen LogP contribution in [0.15, 0.2) is 30.3 Å². The standard InChI is InChI=1S/C19H25NO2/c1-13(22-17-5-3-2-4-6-17)18(21)20-19-10-14-7-15(11-19)9-16(8-14)12-19/h2-6,13-16H,7-12H2,1H3,(H,20,21). The summed E-state index contributed by atoms with van der Waals surface area (Å²) in [6.07, 6.45) is 7.30. The lowest BCUT2D eigenvalue weighted by Gasteiger charge is -2.57. The second-order valence-corrected chi connectivity index (χ2v) is 7.76. The molecule has 22 heavy (non-hydrogen) atoms. The van der Waals surface area contributed by atoms with E-state index < -0.39 is 6.10 Å². The summed E-state index contributed by atoms with van der Waals surface area (Å²) in [7, 11) is 0. The predicted octanol–water partition coefficient (Wildman–Crippen LogP) is 3.54. The fourth-order valence-corrected chi connectivity index (χ4v) is 5.38. The number of rotatable bonds is 4. The van der Waals surface area contributed by atoms with Crippen molar-refractivity contribution in [2.75, 3.05) is 0 Å². The summed E-state index contributed by atoms with van der Waals surface area (Å²) in [5.74, 6) is 3.34. The maximum Gasteiger partial charge on any atom is 0.261 e. The molecule has 1 N–H and O–H groups in total. The number of amides is 1. The summed E-state index contributed by atoms with van der Waals surface area (Å²) in [6.45, 7) is 1.85. The molecule has 4 bridgehead atoms. The predicted molar refractivity (Wildman–Crippen MR) is 85.6 cm³/mol. The van der Waals surface area contributed by atoms with Crippen LogP contribution in [0.3, 0.4) is 0 Å². The van der Waals surface area contributed by atoms with E-state index in [1.807, 2.05) is 37.3 Å². The molecular weight excluding hydrogens is 274 g/mol. The zero-order chi connectivity index (χ0) is 15.2. The zero-order valence-corrected chi connectivity index (χ0v) is 13.3. The molecule has 118 valence electrons. The molecule has 3 nitrogen and oxygen atoms in total. The molecule has 4 aliphatic carbocycles. The van der Waals surface area contributed by atoms with Crippen LogP contribution in [0.4, 0.5) is 0 Å². The van der Waals surface area contributed by atoms with Crippen LogP contribution in [0.5, 0.6) is 5.75 Å². The van der Waals surface area contributed by atoms with Crippen molar-refractivity contribution in [3.05, 3.63) is 30.3 Å². The van der Waals surface area contributed by atoms with Gasteiger partial charge in [0.1, 0.15) is 5.75 Å². The molecule has 3 heteroatoms. The Bertz CT molecular complexity index is 519. The van der Waals surface area contributed by atoms with Crippen LogP contribution in [-0.4, -0.2) is 17.6 Å². The van der Waals surface area contributed by atoms with Gasteiger partial charge in [0.15, 0.2) is 6.10 Å². The van der Waals surface area contributed by atoms with E-state index in [0.717, 1.165) is 23.5 Å². The average Bonchev–Trinajstić information content (AvgIpc) is 2.46. The smallest absolute Gasteiger partial charge is 0.261 e.